The van der Waals surface area contributed by atoms with Crippen molar-refractivity contribution in [2.45, 2.75) is 6.42 Å². The van der Waals surface area contributed by atoms with Crippen LogP contribution in [0, 0.1) is 5.41 Å². The summed E-state index contributed by atoms with van der Waals surface area (Å²) in [7, 11) is 1.68. The zero-order valence-corrected chi connectivity index (χ0v) is 12.5. The first-order chi connectivity index (χ1) is 10.2. The van der Waals surface area contributed by atoms with Crippen LogP contribution in [0.3, 0.4) is 0 Å². The standard InChI is InChI=1S/C15H24N2O4/c1-18-7-2-8-19-9-10-20-11-12-21-14-5-3-13(4-6-14)15(16)17/h3-6H,2,7-12H2,1H3,(H3,16,17). The number of amidine groups is 1. The molecule has 0 bridgehead atoms. The lowest BCUT2D eigenvalue weighted by molar-refractivity contribution is 0.0304. The molecule has 21 heavy (non-hydrogen) atoms. The molecule has 6 nitrogen and oxygen atoms in total. The third-order valence-corrected chi connectivity index (χ3v) is 2.67. The Labute approximate surface area is 125 Å². The van der Waals surface area contributed by atoms with Gasteiger partial charge in [0.25, 0.3) is 0 Å². The number of benzene rings is 1. The molecule has 0 unspecified atom stereocenters. The van der Waals surface area contributed by atoms with Gasteiger partial charge in [-0.1, -0.05) is 0 Å². The second-order valence-corrected chi connectivity index (χ2v) is 4.36. The lowest BCUT2D eigenvalue weighted by Crippen LogP contribution is -2.12. The number of nitrogen functional groups attached to an aromatic ring is 1. The maximum Gasteiger partial charge on any atom is 0.122 e. The predicted octanol–water partition coefficient (Wildman–Crippen LogP) is 1.42. The molecule has 0 spiro atoms. The summed E-state index contributed by atoms with van der Waals surface area (Å²) < 4.78 is 21.2. The van der Waals surface area contributed by atoms with Gasteiger partial charge in [0.05, 0.1) is 19.8 Å². The van der Waals surface area contributed by atoms with E-state index in [1.807, 2.05) is 0 Å². The number of rotatable bonds is 12. The number of hydrogen-bond donors (Lipinski definition) is 2. The van der Waals surface area contributed by atoms with Crippen molar-refractivity contribution in [3.05, 3.63) is 29.8 Å². The van der Waals surface area contributed by atoms with E-state index in [0.717, 1.165) is 18.8 Å². The molecule has 0 heterocycles. The van der Waals surface area contributed by atoms with E-state index in [4.69, 9.17) is 30.1 Å². The Balaban J connectivity index is 1.98. The molecular weight excluding hydrogens is 272 g/mol. The molecule has 1 aromatic carbocycles. The smallest absolute Gasteiger partial charge is 0.122 e. The van der Waals surface area contributed by atoms with E-state index >= 15 is 0 Å². The van der Waals surface area contributed by atoms with Gasteiger partial charge in [-0.15, -0.1) is 0 Å². The average Bonchev–Trinajstić information content (AvgIpc) is 2.49. The lowest BCUT2D eigenvalue weighted by Gasteiger charge is -2.08. The number of nitrogens with one attached hydrogen (secondary N) is 1. The maximum absolute atomic E-state index is 7.29. The summed E-state index contributed by atoms with van der Waals surface area (Å²) >= 11 is 0. The van der Waals surface area contributed by atoms with Gasteiger partial charge >= 0.3 is 0 Å². The highest BCUT2D eigenvalue weighted by molar-refractivity contribution is 5.94. The molecule has 0 atom stereocenters. The molecule has 0 radical (unpaired) electrons. The summed E-state index contributed by atoms with van der Waals surface area (Å²) in [6.07, 6.45) is 0.899. The minimum Gasteiger partial charge on any atom is -0.491 e. The summed E-state index contributed by atoms with van der Waals surface area (Å²) in [5, 5.41) is 7.29. The Morgan fingerprint density at radius 1 is 0.952 bits per heavy atom. The summed E-state index contributed by atoms with van der Waals surface area (Å²) in [5.41, 5.74) is 6.06. The largest absolute Gasteiger partial charge is 0.491 e. The van der Waals surface area contributed by atoms with E-state index in [2.05, 4.69) is 0 Å². The predicted molar refractivity (Wildman–Crippen MR) is 81.1 cm³/mol. The van der Waals surface area contributed by atoms with E-state index in [0.29, 0.717) is 38.6 Å². The molecule has 0 saturated carbocycles. The van der Waals surface area contributed by atoms with Crippen molar-refractivity contribution in [2.24, 2.45) is 5.73 Å². The van der Waals surface area contributed by atoms with Gasteiger partial charge in [-0.05, 0) is 30.7 Å². The molecule has 6 heteroatoms. The highest BCUT2D eigenvalue weighted by Gasteiger charge is 1.98. The van der Waals surface area contributed by atoms with Crippen molar-refractivity contribution in [2.75, 3.05) is 46.8 Å². The minimum absolute atomic E-state index is 0.0513. The van der Waals surface area contributed by atoms with E-state index in [-0.39, 0.29) is 5.84 Å². The van der Waals surface area contributed by atoms with E-state index < -0.39 is 0 Å². The quantitative estimate of drug-likeness (QED) is 0.346. The summed E-state index contributed by atoms with van der Waals surface area (Å²) in [6, 6.07) is 7.09. The normalized spacial score (nSPS) is 10.5. The Hall–Kier alpha value is -1.63. The fourth-order valence-corrected chi connectivity index (χ4v) is 1.58. The van der Waals surface area contributed by atoms with Crippen molar-refractivity contribution >= 4 is 5.84 Å². The molecule has 0 aliphatic heterocycles. The van der Waals surface area contributed by atoms with Crippen molar-refractivity contribution in [3.8, 4) is 5.75 Å². The van der Waals surface area contributed by atoms with E-state index in [9.17, 15) is 0 Å². The van der Waals surface area contributed by atoms with Crippen molar-refractivity contribution in [1.29, 1.82) is 5.41 Å². The minimum atomic E-state index is 0.0513. The van der Waals surface area contributed by atoms with Crippen LogP contribution in [0.15, 0.2) is 24.3 Å². The fourth-order valence-electron chi connectivity index (χ4n) is 1.58. The average molecular weight is 296 g/mol. The van der Waals surface area contributed by atoms with Gasteiger partial charge in [-0.3, -0.25) is 5.41 Å². The highest BCUT2D eigenvalue weighted by atomic mass is 16.5. The molecular formula is C15H24N2O4. The van der Waals surface area contributed by atoms with Gasteiger partial charge < -0.3 is 24.7 Å². The molecule has 3 N–H and O–H groups in total. The number of methoxy groups -OCH3 is 1. The molecule has 1 rings (SSSR count). The van der Waals surface area contributed by atoms with Crippen LogP contribution < -0.4 is 10.5 Å². The van der Waals surface area contributed by atoms with Gasteiger partial charge in [0.2, 0.25) is 0 Å². The Kier molecular flexibility index (Phi) is 9.19. The second kappa shape index (κ2) is 11.1. The van der Waals surface area contributed by atoms with Gasteiger partial charge in [0.1, 0.15) is 18.2 Å². The highest BCUT2D eigenvalue weighted by Crippen LogP contribution is 2.11. The van der Waals surface area contributed by atoms with E-state index in [1.165, 1.54) is 0 Å². The van der Waals surface area contributed by atoms with Crippen molar-refractivity contribution in [1.82, 2.24) is 0 Å². The van der Waals surface area contributed by atoms with Crippen molar-refractivity contribution in [3.63, 3.8) is 0 Å². The molecule has 118 valence electrons. The number of hydrogen-bond acceptors (Lipinski definition) is 5. The Morgan fingerprint density at radius 3 is 2.19 bits per heavy atom. The zero-order chi connectivity index (χ0) is 15.3. The summed E-state index contributed by atoms with van der Waals surface area (Å²) in [4.78, 5) is 0. The zero-order valence-electron chi connectivity index (χ0n) is 12.5. The summed E-state index contributed by atoms with van der Waals surface area (Å²) in [6.45, 7) is 3.53. The lowest BCUT2D eigenvalue weighted by atomic mass is 10.2. The molecule has 0 saturated heterocycles. The van der Waals surface area contributed by atoms with Crippen LogP contribution in [0.5, 0.6) is 5.75 Å². The van der Waals surface area contributed by atoms with Crippen LogP contribution in [0.4, 0.5) is 0 Å². The first-order valence-corrected chi connectivity index (χ1v) is 6.95. The van der Waals surface area contributed by atoms with Crippen LogP contribution >= 0.6 is 0 Å². The topological polar surface area (TPSA) is 86.8 Å². The SMILES string of the molecule is COCCCOCCOCCOc1ccc(C(=N)N)cc1. The monoisotopic (exact) mass is 296 g/mol. The van der Waals surface area contributed by atoms with Gasteiger partial charge in [0, 0.05) is 25.9 Å². The first kappa shape index (κ1) is 17.4. The summed E-state index contributed by atoms with van der Waals surface area (Å²) in [5.74, 6) is 0.787. The molecule has 1 aromatic rings. The van der Waals surface area contributed by atoms with Crippen LogP contribution in [-0.2, 0) is 14.2 Å². The molecule has 0 amide bonds. The number of nitrogens with two attached hydrogens (primary N) is 1. The van der Waals surface area contributed by atoms with Gasteiger partial charge in [-0.2, -0.15) is 0 Å². The van der Waals surface area contributed by atoms with E-state index in [1.54, 1.807) is 31.4 Å². The fraction of sp³-hybridized carbons (Fsp3) is 0.533. The van der Waals surface area contributed by atoms with Gasteiger partial charge in [-0.25, -0.2) is 0 Å². The third-order valence-electron chi connectivity index (χ3n) is 2.67. The van der Waals surface area contributed by atoms with Crippen LogP contribution in [0.2, 0.25) is 0 Å². The number of ether oxygens (including phenoxy) is 4. The molecule has 0 aliphatic rings. The van der Waals surface area contributed by atoms with Gasteiger partial charge in [0.15, 0.2) is 0 Å². The second-order valence-electron chi connectivity index (χ2n) is 4.36. The van der Waals surface area contributed by atoms with Crippen LogP contribution in [-0.4, -0.2) is 52.6 Å². The Bertz CT molecular complexity index is 395. The van der Waals surface area contributed by atoms with Crippen LogP contribution in [0.25, 0.3) is 0 Å². The first-order valence-electron chi connectivity index (χ1n) is 6.95. The Morgan fingerprint density at radius 2 is 1.57 bits per heavy atom. The molecule has 0 aliphatic carbocycles. The third kappa shape index (κ3) is 8.29. The maximum atomic E-state index is 7.29. The van der Waals surface area contributed by atoms with Crippen LogP contribution in [0.1, 0.15) is 12.0 Å². The van der Waals surface area contributed by atoms with Crippen molar-refractivity contribution < 1.29 is 18.9 Å². The molecule has 0 fully saturated rings. The molecule has 0 aromatic heterocycles.